The molecule has 1 atom stereocenters. The molecule has 1 aliphatic heterocycles. The van der Waals surface area contributed by atoms with Crippen LogP contribution in [-0.2, 0) is 16.4 Å². The van der Waals surface area contributed by atoms with Crippen molar-refractivity contribution in [3.8, 4) is 0 Å². The van der Waals surface area contributed by atoms with E-state index in [0.29, 0.717) is 24.6 Å². The van der Waals surface area contributed by atoms with Crippen LogP contribution in [0.1, 0.15) is 43.0 Å². The second-order valence-corrected chi connectivity index (χ2v) is 7.74. The van der Waals surface area contributed by atoms with E-state index >= 15 is 0 Å². The molecule has 2 fully saturated rings. The average molecular weight is 305 g/mol. The molecule has 0 amide bonds. The van der Waals surface area contributed by atoms with Gasteiger partial charge in [-0.1, -0.05) is 0 Å². The van der Waals surface area contributed by atoms with Crippen molar-refractivity contribution >= 4 is 9.84 Å². The molecule has 1 saturated carbocycles. The third-order valence-corrected chi connectivity index (χ3v) is 5.58. The first-order valence-electron chi connectivity index (χ1n) is 6.74. The van der Waals surface area contributed by atoms with Gasteiger partial charge in [0.1, 0.15) is 5.69 Å². The van der Waals surface area contributed by atoms with Gasteiger partial charge < -0.3 is 5.32 Å². The quantitative estimate of drug-likeness (QED) is 0.894. The second kappa shape index (κ2) is 5.07. The van der Waals surface area contributed by atoms with Crippen LogP contribution in [0.25, 0.3) is 0 Å². The van der Waals surface area contributed by atoms with Gasteiger partial charge in [0.05, 0.1) is 23.7 Å². The number of aromatic nitrogens is 2. The fourth-order valence-corrected chi connectivity index (χ4v) is 4.28. The lowest BCUT2D eigenvalue weighted by Gasteiger charge is -2.14. The molecule has 1 aromatic rings. The fraction of sp³-hybridized carbons (Fsp3) is 0.750. The minimum atomic E-state index is -3.11. The first-order chi connectivity index (χ1) is 9.46. The number of halogens is 2. The molecular formula is C12H17F2N3O2S. The molecule has 1 unspecified atom stereocenters. The normalized spacial score (nSPS) is 25.4. The summed E-state index contributed by atoms with van der Waals surface area (Å²) in [6.45, 7) is 0.365. The van der Waals surface area contributed by atoms with Gasteiger partial charge >= 0.3 is 0 Å². The summed E-state index contributed by atoms with van der Waals surface area (Å²) >= 11 is 0. The Balaban J connectivity index is 1.82. The van der Waals surface area contributed by atoms with E-state index in [9.17, 15) is 17.2 Å². The molecule has 1 aliphatic carbocycles. The Morgan fingerprint density at radius 1 is 1.40 bits per heavy atom. The number of rotatable bonds is 5. The molecule has 1 saturated heterocycles. The largest absolute Gasteiger partial charge is 0.310 e. The van der Waals surface area contributed by atoms with Gasteiger partial charge in [0.2, 0.25) is 0 Å². The third-order valence-electron chi connectivity index (χ3n) is 3.83. The van der Waals surface area contributed by atoms with E-state index in [0.717, 1.165) is 12.8 Å². The summed E-state index contributed by atoms with van der Waals surface area (Å²) in [5.74, 6) is -0.0419. The van der Waals surface area contributed by atoms with Crippen molar-refractivity contribution < 1.29 is 17.2 Å². The van der Waals surface area contributed by atoms with Crippen molar-refractivity contribution in [3.63, 3.8) is 0 Å². The van der Waals surface area contributed by atoms with Crippen LogP contribution < -0.4 is 5.32 Å². The lowest BCUT2D eigenvalue weighted by Crippen LogP contribution is -2.19. The van der Waals surface area contributed by atoms with Crippen molar-refractivity contribution in [3.05, 3.63) is 17.5 Å². The molecule has 8 heteroatoms. The molecular weight excluding hydrogens is 288 g/mol. The predicted octanol–water partition coefficient (Wildman–Crippen LogP) is 1.43. The van der Waals surface area contributed by atoms with Crippen molar-refractivity contribution in [2.75, 3.05) is 11.5 Å². The van der Waals surface area contributed by atoms with Gasteiger partial charge in [0, 0.05) is 18.2 Å². The summed E-state index contributed by atoms with van der Waals surface area (Å²) in [6, 6.07) is -0.0330. The highest BCUT2D eigenvalue weighted by molar-refractivity contribution is 7.91. The molecule has 3 rings (SSSR count). The number of alkyl halides is 2. The van der Waals surface area contributed by atoms with Gasteiger partial charge in [-0.3, -0.25) is 4.68 Å². The zero-order valence-corrected chi connectivity index (χ0v) is 11.7. The Bertz CT molecular complexity index is 596. The van der Waals surface area contributed by atoms with E-state index in [-0.39, 0.29) is 17.2 Å². The summed E-state index contributed by atoms with van der Waals surface area (Å²) in [7, 11) is -3.11. The zero-order valence-electron chi connectivity index (χ0n) is 10.9. The highest BCUT2D eigenvalue weighted by atomic mass is 32.2. The predicted molar refractivity (Wildman–Crippen MR) is 69.4 cm³/mol. The monoisotopic (exact) mass is 305 g/mol. The Morgan fingerprint density at radius 3 is 2.70 bits per heavy atom. The summed E-state index contributed by atoms with van der Waals surface area (Å²) in [5, 5.41) is 7.20. The maximum Gasteiger partial charge on any atom is 0.280 e. The number of hydrogen-bond donors (Lipinski definition) is 1. The van der Waals surface area contributed by atoms with E-state index in [1.165, 1.54) is 10.9 Å². The van der Waals surface area contributed by atoms with Gasteiger partial charge in [0.15, 0.2) is 9.84 Å². The Morgan fingerprint density at radius 2 is 2.15 bits per heavy atom. The highest BCUT2D eigenvalue weighted by Crippen LogP contribution is 2.31. The topological polar surface area (TPSA) is 64.0 Å². The van der Waals surface area contributed by atoms with Crippen LogP contribution in [0.15, 0.2) is 6.20 Å². The number of hydrogen-bond acceptors (Lipinski definition) is 4. The van der Waals surface area contributed by atoms with Crippen molar-refractivity contribution in [2.45, 2.75) is 44.3 Å². The lowest BCUT2D eigenvalue weighted by atomic mass is 10.2. The minimum absolute atomic E-state index is 0.0515. The van der Waals surface area contributed by atoms with E-state index in [4.69, 9.17) is 0 Å². The SMILES string of the molecule is O=S1(=O)CCC(n2ncc(CNC3CC3)c2C(F)F)C1. The zero-order chi connectivity index (χ0) is 14.3. The molecule has 2 aliphatic rings. The standard InChI is InChI=1S/C12H17F2N3O2S/c13-12(14)11-8(5-15-9-1-2-9)6-16-17(11)10-3-4-20(18,19)7-10/h6,9-10,12,15H,1-5,7H2. The fourth-order valence-electron chi connectivity index (χ4n) is 2.58. The lowest BCUT2D eigenvalue weighted by molar-refractivity contribution is 0.135. The average Bonchev–Trinajstić information content (AvgIpc) is 2.98. The van der Waals surface area contributed by atoms with E-state index < -0.39 is 22.3 Å². The summed E-state index contributed by atoms with van der Waals surface area (Å²) in [4.78, 5) is 0. The van der Waals surface area contributed by atoms with Crippen LogP contribution in [0.3, 0.4) is 0 Å². The minimum Gasteiger partial charge on any atom is -0.310 e. The van der Waals surface area contributed by atoms with Crippen LogP contribution in [0.4, 0.5) is 8.78 Å². The molecule has 0 bridgehead atoms. The summed E-state index contributed by atoms with van der Waals surface area (Å²) < 4.78 is 50.7. The van der Waals surface area contributed by atoms with Gasteiger partial charge in [0.25, 0.3) is 6.43 Å². The van der Waals surface area contributed by atoms with Gasteiger partial charge in [-0.2, -0.15) is 5.10 Å². The van der Waals surface area contributed by atoms with Crippen LogP contribution in [0.2, 0.25) is 0 Å². The molecule has 0 radical (unpaired) electrons. The molecule has 2 heterocycles. The van der Waals surface area contributed by atoms with E-state index in [2.05, 4.69) is 10.4 Å². The summed E-state index contributed by atoms with van der Waals surface area (Å²) in [5.41, 5.74) is 0.330. The van der Waals surface area contributed by atoms with Crippen molar-refractivity contribution in [1.82, 2.24) is 15.1 Å². The van der Waals surface area contributed by atoms with Crippen molar-refractivity contribution in [1.29, 1.82) is 0 Å². The Kier molecular flexibility index (Phi) is 3.53. The van der Waals surface area contributed by atoms with Crippen LogP contribution in [-0.4, -0.2) is 35.7 Å². The molecule has 5 nitrogen and oxygen atoms in total. The van der Waals surface area contributed by atoms with Crippen LogP contribution >= 0.6 is 0 Å². The molecule has 20 heavy (non-hydrogen) atoms. The Hall–Kier alpha value is -1.02. The first kappa shape index (κ1) is 13.9. The van der Waals surface area contributed by atoms with Crippen molar-refractivity contribution in [2.24, 2.45) is 0 Å². The number of nitrogens with zero attached hydrogens (tertiary/aromatic N) is 2. The highest BCUT2D eigenvalue weighted by Gasteiger charge is 2.33. The van der Waals surface area contributed by atoms with E-state index in [1.807, 2.05) is 0 Å². The smallest absolute Gasteiger partial charge is 0.280 e. The maximum absolute atomic E-state index is 13.3. The van der Waals surface area contributed by atoms with Gasteiger partial charge in [-0.15, -0.1) is 0 Å². The molecule has 1 aromatic heterocycles. The van der Waals surface area contributed by atoms with Crippen LogP contribution in [0.5, 0.6) is 0 Å². The van der Waals surface area contributed by atoms with Crippen LogP contribution in [0, 0.1) is 0 Å². The number of sulfone groups is 1. The first-order valence-corrected chi connectivity index (χ1v) is 8.56. The molecule has 112 valence electrons. The second-order valence-electron chi connectivity index (χ2n) is 5.51. The van der Waals surface area contributed by atoms with E-state index in [1.54, 1.807) is 0 Å². The number of nitrogens with one attached hydrogen (secondary N) is 1. The molecule has 0 aromatic carbocycles. The Labute approximate surface area is 116 Å². The molecule has 1 N–H and O–H groups in total. The maximum atomic E-state index is 13.3. The van der Waals surface area contributed by atoms with Gasteiger partial charge in [-0.25, -0.2) is 17.2 Å². The molecule has 0 spiro atoms. The third kappa shape index (κ3) is 2.85. The van der Waals surface area contributed by atoms with Gasteiger partial charge in [-0.05, 0) is 19.3 Å². The summed E-state index contributed by atoms with van der Waals surface area (Å²) in [6.07, 6.45) is 1.32.